The lowest BCUT2D eigenvalue weighted by Crippen LogP contribution is -2.53. The van der Waals surface area contributed by atoms with Crippen molar-refractivity contribution in [2.24, 2.45) is 0 Å². The van der Waals surface area contributed by atoms with Gasteiger partial charge in [0, 0.05) is 0 Å². The van der Waals surface area contributed by atoms with Gasteiger partial charge in [0.25, 0.3) is 0 Å². The predicted octanol–water partition coefficient (Wildman–Crippen LogP) is 2.44. The SMILES string of the molecule is C[B-]1(c2ccccc2)Oc2ccccc2O1. The second-order valence-corrected chi connectivity index (χ2v) is 4.19. The van der Waals surface area contributed by atoms with Crippen LogP contribution in [0, 0.1) is 0 Å². The van der Waals surface area contributed by atoms with E-state index in [1.807, 2.05) is 61.4 Å². The van der Waals surface area contributed by atoms with Crippen LogP contribution in [-0.4, -0.2) is 6.55 Å². The number of benzene rings is 2. The zero-order valence-corrected chi connectivity index (χ0v) is 9.09. The van der Waals surface area contributed by atoms with Crippen LogP contribution in [0.5, 0.6) is 11.5 Å². The molecule has 0 N–H and O–H groups in total. The summed E-state index contributed by atoms with van der Waals surface area (Å²) in [7, 11) is 0. The van der Waals surface area contributed by atoms with Crippen LogP contribution in [-0.2, 0) is 0 Å². The molecule has 0 bridgehead atoms. The Labute approximate surface area is 94.8 Å². The third-order valence-electron chi connectivity index (χ3n) is 2.96. The molecule has 2 nitrogen and oxygen atoms in total. The molecule has 3 heteroatoms. The minimum atomic E-state index is -1.41. The fraction of sp³-hybridized carbons (Fsp3) is 0.0769. The summed E-state index contributed by atoms with van der Waals surface area (Å²) in [6, 6.07) is 17.8. The van der Waals surface area contributed by atoms with Crippen LogP contribution in [0.15, 0.2) is 54.6 Å². The minimum absolute atomic E-state index is 0.828. The van der Waals surface area contributed by atoms with Crippen molar-refractivity contribution in [2.75, 3.05) is 0 Å². The van der Waals surface area contributed by atoms with Gasteiger partial charge in [-0.05, 0) is 12.1 Å². The first-order chi connectivity index (χ1) is 7.78. The Kier molecular flexibility index (Phi) is 1.93. The highest BCUT2D eigenvalue weighted by atomic mass is 16.6. The van der Waals surface area contributed by atoms with Gasteiger partial charge < -0.3 is 9.31 Å². The van der Waals surface area contributed by atoms with Gasteiger partial charge in [-0.25, -0.2) is 0 Å². The topological polar surface area (TPSA) is 18.5 Å². The van der Waals surface area contributed by atoms with Crippen molar-refractivity contribution >= 4 is 12.0 Å². The lowest BCUT2D eigenvalue weighted by atomic mass is 9.54. The molecule has 0 spiro atoms. The number of hydrogen-bond donors (Lipinski definition) is 0. The monoisotopic (exact) mass is 211 g/mol. The molecule has 1 heterocycles. The first-order valence-corrected chi connectivity index (χ1v) is 5.48. The van der Waals surface area contributed by atoms with E-state index in [1.54, 1.807) is 0 Å². The fourth-order valence-electron chi connectivity index (χ4n) is 2.09. The van der Waals surface area contributed by atoms with E-state index in [4.69, 9.17) is 9.31 Å². The maximum Gasteiger partial charge on any atom is 0.373 e. The Balaban J connectivity index is 2.01. The third-order valence-corrected chi connectivity index (χ3v) is 2.96. The molecule has 0 aliphatic carbocycles. The molecule has 0 radical (unpaired) electrons. The summed E-state index contributed by atoms with van der Waals surface area (Å²) in [5, 5.41) is 0. The third kappa shape index (κ3) is 1.36. The Morgan fingerprint density at radius 3 is 1.81 bits per heavy atom. The maximum absolute atomic E-state index is 5.92. The lowest BCUT2D eigenvalue weighted by molar-refractivity contribution is 0.484. The molecule has 0 saturated carbocycles. The van der Waals surface area contributed by atoms with Gasteiger partial charge in [0.2, 0.25) is 0 Å². The molecule has 16 heavy (non-hydrogen) atoms. The molecule has 0 fully saturated rings. The molecule has 0 unspecified atom stereocenters. The van der Waals surface area contributed by atoms with Gasteiger partial charge in [0.05, 0.1) is 0 Å². The van der Waals surface area contributed by atoms with E-state index in [1.165, 1.54) is 0 Å². The highest BCUT2D eigenvalue weighted by molar-refractivity contribution is 6.81. The molecule has 3 rings (SSSR count). The van der Waals surface area contributed by atoms with E-state index in [2.05, 4.69) is 0 Å². The van der Waals surface area contributed by atoms with Gasteiger partial charge in [0.1, 0.15) is 11.5 Å². The molecule has 1 aliphatic heterocycles. The van der Waals surface area contributed by atoms with Crippen molar-refractivity contribution in [3.05, 3.63) is 54.6 Å². The number of para-hydroxylation sites is 2. The molecule has 0 aromatic heterocycles. The van der Waals surface area contributed by atoms with Gasteiger partial charge in [-0.2, -0.15) is 0 Å². The van der Waals surface area contributed by atoms with Gasteiger partial charge in [-0.1, -0.05) is 42.5 Å². The van der Waals surface area contributed by atoms with Crippen LogP contribution in [0.2, 0.25) is 6.82 Å². The Morgan fingerprint density at radius 1 is 0.750 bits per heavy atom. The second-order valence-electron chi connectivity index (χ2n) is 4.19. The highest BCUT2D eigenvalue weighted by Gasteiger charge is 2.33. The van der Waals surface area contributed by atoms with Gasteiger partial charge in [0.15, 0.2) is 0 Å². The summed E-state index contributed by atoms with van der Waals surface area (Å²) in [6.07, 6.45) is 0. The largest absolute Gasteiger partial charge is 0.677 e. The van der Waals surface area contributed by atoms with Crippen molar-refractivity contribution in [1.29, 1.82) is 0 Å². The average Bonchev–Trinajstić information content (AvgIpc) is 2.68. The summed E-state index contributed by atoms with van der Waals surface area (Å²) in [5.74, 6) is 1.66. The maximum atomic E-state index is 5.92. The molecule has 0 saturated heterocycles. The van der Waals surface area contributed by atoms with Crippen LogP contribution in [0.25, 0.3) is 0 Å². The Morgan fingerprint density at radius 2 is 1.25 bits per heavy atom. The zero-order valence-electron chi connectivity index (χ0n) is 9.09. The minimum Gasteiger partial charge on any atom is -0.677 e. The van der Waals surface area contributed by atoms with Crippen LogP contribution >= 0.6 is 0 Å². The van der Waals surface area contributed by atoms with E-state index < -0.39 is 6.55 Å². The molecule has 1 aliphatic rings. The molecule has 2 aromatic carbocycles. The van der Waals surface area contributed by atoms with Crippen LogP contribution in [0.1, 0.15) is 0 Å². The van der Waals surface area contributed by atoms with Gasteiger partial charge >= 0.3 is 6.55 Å². The van der Waals surface area contributed by atoms with E-state index in [0.717, 1.165) is 17.0 Å². The Hall–Kier alpha value is -1.90. The molecule has 0 atom stereocenters. The van der Waals surface area contributed by atoms with Crippen LogP contribution in [0.4, 0.5) is 0 Å². The van der Waals surface area contributed by atoms with Crippen molar-refractivity contribution < 1.29 is 9.31 Å². The zero-order chi connectivity index (χ0) is 11.0. The van der Waals surface area contributed by atoms with Crippen LogP contribution in [0.3, 0.4) is 0 Å². The van der Waals surface area contributed by atoms with Gasteiger partial charge in [-0.15, -0.1) is 12.3 Å². The normalized spacial score (nSPS) is 16.1. The average molecular weight is 211 g/mol. The first-order valence-electron chi connectivity index (χ1n) is 5.48. The molecular formula is C13H12BO2-. The highest BCUT2D eigenvalue weighted by Crippen LogP contribution is 2.36. The number of hydrogen-bond acceptors (Lipinski definition) is 2. The molecule has 0 amide bonds. The second kappa shape index (κ2) is 3.30. The van der Waals surface area contributed by atoms with E-state index >= 15 is 0 Å². The van der Waals surface area contributed by atoms with E-state index in [9.17, 15) is 0 Å². The van der Waals surface area contributed by atoms with Crippen LogP contribution < -0.4 is 14.8 Å². The summed E-state index contributed by atoms with van der Waals surface area (Å²) in [5.41, 5.74) is 1.08. The summed E-state index contributed by atoms with van der Waals surface area (Å²) in [6.45, 7) is 0.588. The van der Waals surface area contributed by atoms with Crippen molar-refractivity contribution in [3.8, 4) is 11.5 Å². The summed E-state index contributed by atoms with van der Waals surface area (Å²) in [4.78, 5) is 0. The Bertz CT molecular complexity index is 485. The van der Waals surface area contributed by atoms with Crippen molar-refractivity contribution in [1.82, 2.24) is 0 Å². The first kappa shape index (κ1) is 9.34. The standard InChI is InChI=1S/C13H12BO2/c1-14(11-7-3-2-4-8-11)15-12-9-5-6-10-13(12)16-14/h2-10H,1H3/q-1. The van der Waals surface area contributed by atoms with Gasteiger partial charge in [-0.3, -0.25) is 0 Å². The quantitative estimate of drug-likeness (QED) is 0.674. The fourth-order valence-corrected chi connectivity index (χ4v) is 2.09. The van der Waals surface area contributed by atoms with Crippen molar-refractivity contribution in [2.45, 2.75) is 6.82 Å². The smallest absolute Gasteiger partial charge is 0.373 e. The summed E-state index contributed by atoms with van der Waals surface area (Å²) >= 11 is 0. The van der Waals surface area contributed by atoms with E-state index in [-0.39, 0.29) is 0 Å². The van der Waals surface area contributed by atoms with Crippen molar-refractivity contribution in [3.63, 3.8) is 0 Å². The van der Waals surface area contributed by atoms with E-state index in [0.29, 0.717) is 0 Å². The summed E-state index contributed by atoms with van der Waals surface area (Å²) < 4.78 is 11.8. The number of rotatable bonds is 1. The number of fused-ring (bicyclic) bond motifs is 1. The lowest BCUT2D eigenvalue weighted by Gasteiger charge is -2.31. The predicted molar refractivity (Wildman–Crippen MR) is 65.4 cm³/mol. The molecule has 80 valence electrons. The molecule has 2 aromatic rings. The molecular weight excluding hydrogens is 199 g/mol.